The van der Waals surface area contributed by atoms with Crippen LogP contribution in [0.25, 0.3) is 56.2 Å². The number of hydrogen-bond donors (Lipinski definition) is 0. The van der Waals surface area contributed by atoms with Crippen LogP contribution in [0.4, 0.5) is 0 Å². The first-order chi connectivity index (χ1) is 34.1. The number of benzene rings is 6. The molecule has 0 unspecified atom stereocenters. The third-order valence-corrected chi connectivity index (χ3v) is 11.7. The summed E-state index contributed by atoms with van der Waals surface area (Å²) in [4.78, 5) is 17.1. The van der Waals surface area contributed by atoms with Crippen LogP contribution in [-0.4, -0.2) is 38.3 Å². The van der Waals surface area contributed by atoms with E-state index in [0.29, 0.717) is 0 Å². The van der Waals surface area contributed by atoms with E-state index in [4.69, 9.17) is 9.31 Å². The molecule has 364 valence electrons. The van der Waals surface area contributed by atoms with Crippen LogP contribution >= 0.6 is 15.9 Å². The maximum Gasteiger partial charge on any atom is 0.475 e. The molecule has 0 aliphatic carbocycles. The van der Waals surface area contributed by atoms with Gasteiger partial charge in [-0.2, -0.15) is 0 Å². The number of hydrogen-bond acceptors (Lipinski definition) is 6. The Bertz CT molecular complexity index is 2820. The molecule has 10 heteroatoms. The first-order valence-electron chi connectivity index (χ1n) is 22.9. The quantitative estimate of drug-likeness (QED) is 0.122. The Morgan fingerprint density at radius 2 is 0.750 bits per heavy atom. The Balaban J connectivity index is 0.000000173. The normalized spacial score (nSPS) is 12.4. The standard InChI is InChI=1S/C17H19BNO2.C17H12N.2C11H8N.C6H5Br.2Ir/c1-16(2)17(3,4)21-18(20-16)14-9-7-8-13(12-14)15-10-5-6-11-19-15;1-2-7-14(8-3-1)15-9-6-10-16(13-15)17-11-4-5-12-18-17;2*1-2-6-10(7-3-1)11-8-4-5-9-12-11;7-6-4-2-1-3-5-6;;/h5-7,9-12H,1-4H3;1-9,11-13H;2*1-6,8-9H;1-5H;;/q4*-1;;;. The Hall–Kier alpha value is -6.32. The predicted molar refractivity (Wildman–Crippen MR) is 289 cm³/mol. The molecular weight excluding hydrogens is 1310 g/mol. The zero-order valence-corrected chi connectivity index (χ0v) is 46.7. The molecule has 2 radical (unpaired) electrons. The summed E-state index contributed by atoms with van der Waals surface area (Å²) in [5, 5.41) is 0. The average molecular weight is 1360 g/mol. The molecule has 0 bridgehead atoms. The summed E-state index contributed by atoms with van der Waals surface area (Å²) in [5.74, 6) is 0. The zero-order valence-electron chi connectivity index (χ0n) is 40.3. The fourth-order valence-corrected chi connectivity index (χ4v) is 7.10. The smallest absolute Gasteiger partial charge is 0.400 e. The Morgan fingerprint density at radius 1 is 0.375 bits per heavy atom. The molecule has 0 atom stereocenters. The molecule has 1 saturated heterocycles. The summed E-state index contributed by atoms with van der Waals surface area (Å²) in [6.45, 7) is 8.23. The van der Waals surface area contributed by atoms with E-state index in [9.17, 15) is 0 Å². The molecule has 0 amide bonds. The van der Waals surface area contributed by atoms with Gasteiger partial charge < -0.3 is 29.2 Å². The van der Waals surface area contributed by atoms with E-state index >= 15 is 0 Å². The summed E-state index contributed by atoms with van der Waals surface area (Å²) < 4.78 is 13.3. The second-order valence-electron chi connectivity index (χ2n) is 16.7. The zero-order chi connectivity index (χ0) is 48.9. The van der Waals surface area contributed by atoms with Gasteiger partial charge in [-0.15, -0.1) is 142 Å². The van der Waals surface area contributed by atoms with E-state index < -0.39 is 0 Å². The van der Waals surface area contributed by atoms with Crippen LogP contribution in [0.1, 0.15) is 27.7 Å². The maximum absolute atomic E-state index is 6.08. The molecule has 1 aliphatic rings. The summed E-state index contributed by atoms with van der Waals surface area (Å²) in [6.07, 6.45) is 7.16. The van der Waals surface area contributed by atoms with Crippen LogP contribution in [0, 0.1) is 24.3 Å². The first-order valence-corrected chi connectivity index (χ1v) is 23.7. The van der Waals surface area contributed by atoms with Gasteiger partial charge >= 0.3 is 7.12 Å². The van der Waals surface area contributed by atoms with Gasteiger partial charge in [-0.05, 0) is 92.4 Å². The van der Waals surface area contributed by atoms with Crippen LogP contribution in [-0.2, 0) is 49.5 Å². The van der Waals surface area contributed by atoms with Crippen molar-refractivity contribution in [1.29, 1.82) is 0 Å². The van der Waals surface area contributed by atoms with E-state index in [1.165, 1.54) is 11.1 Å². The SMILES string of the molecule is Brc1ccccc1.CC1(C)OB(c2cc[c-]c(-c3ccccn3)c2)OC1(C)C.[Ir].[Ir].[c-]1ccc(-c2ccccc2)cc1-c1ccccn1.[c-]1ccccc1-c1ccccn1.[c-]1ccccc1-c1ccccn1. The van der Waals surface area contributed by atoms with Gasteiger partial charge in [0.2, 0.25) is 0 Å². The van der Waals surface area contributed by atoms with E-state index in [1.807, 2.05) is 194 Å². The number of nitrogens with zero attached hydrogens (tertiary/aromatic N) is 4. The molecule has 10 aromatic rings. The molecule has 0 saturated carbocycles. The molecule has 1 aliphatic heterocycles. The van der Waals surface area contributed by atoms with Crippen molar-refractivity contribution in [1.82, 2.24) is 19.9 Å². The van der Waals surface area contributed by atoms with Gasteiger partial charge in [0.05, 0.1) is 11.2 Å². The summed E-state index contributed by atoms with van der Waals surface area (Å²) in [7, 11) is -0.355. The molecule has 0 N–H and O–H groups in total. The molecule has 6 aromatic carbocycles. The minimum absolute atomic E-state index is 0. The molecule has 11 rings (SSSR count). The number of aromatic nitrogens is 4. The van der Waals surface area contributed by atoms with Gasteiger partial charge in [-0.25, -0.2) is 0 Å². The second-order valence-corrected chi connectivity index (χ2v) is 17.6. The summed E-state index contributed by atoms with van der Waals surface area (Å²) in [6, 6.07) is 84.2. The monoisotopic (exact) mass is 1360 g/mol. The van der Waals surface area contributed by atoms with Crippen molar-refractivity contribution in [2.75, 3.05) is 0 Å². The molecule has 0 spiro atoms. The van der Waals surface area contributed by atoms with Gasteiger partial charge in [0.25, 0.3) is 0 Å². The summed E-state index contributed by atoms with van der Waals surface area (Å²) in [5.41, 5.74) is 10.6. The van der Waals surface area contributed by atoms with Crippen molar-refractivity contribution >= 4 is 28.5 Å². The average Bonchev–Trinajstić information content (AvgIpc) is 3.66. The van der Waals surface area contributed by atoms with Crippen LogP contribution in [0.2, 0.25) is 0 Å². The first kappa shape index (κ1) is 56.6. The second kappa shape index (κ2) is 29.3. The van der Waals surface area contributed by atoms with E-state index in [0.717, 1.165) is 55.0 Å². The van der Waals surface area contributed by atoms with Crippen LogP contribution in [0.5, 0.6) is 0 Å². The van der Waals surface area contributed by atoms with Crippen molar-refractivity contribution < 1.29 is 49.5 Å². The van der Waals surface area contributed by atoms with Gasteiger partial charge in [0.15, 0.2) is 0 Å². The van der Waals surface area contributed by atoms with Crippen LogP contribution in [0.3, 0.4) is 0 Å². The molecule has 4 aromatic heterocycles. The van der Waals surface area contributed by atoms with Gasteiger partial charge in [0.1, 0.15) is 0 Å². The Morgan fingerprint density at radius 3 is 1.14 bits per heavy atom. The largest absolute Gasteiger partial charge is 0.475 e. The third-order valence-electron chi connectivity index (χ3n) is 11.2. The molecule has 1 fully saturated rings. The molecule has 6 nitrogen and oxygen atoms in total. The van der Waals surface area contributed by atoms with Gasteiger partial charge in [0, 0.05) is 69.5 Å². The molecule has 5 heterocycles. The number of pyridine rings is 4. The van der Waals surface area contributed by atoms with E-state index in [-0.39, 0.29) is 58.5 Å². The van der Waals surface area contributed by atoms with Gasteiger partial charge in [-0.1, -0.05) is 113 Å². The van der Waals surface area contributed by atoms with Crippen LogP contribution < -0.4 is 5.46 Å². The Kier molecular flexibility index (Phi) is 23.0. The van der Waals surface area contributed by atoms with Crippen molar-refractivity contribution in [3.05, 3.63) is 272 Å². The van der Waals surface area contributed by atoms with Crippen molar-refractivity contribution in [3.63, 3.8) is 0 Å². The van der Waals surface area contributed by atoms with E-state index in [1.54, 1.807) is 24.8 Å². The molecular formula is C62H52BBrIr2N4O2-4. The fraction of sp³-hybridized carbons (Fsp3) is 0.0968. The van der Waals surface area contributed by atoms with Gasteiger partial charge in [-0.3, -0.25) is 0 Å². The van der Waals surface area contributed by atoms with E-state index in [2.05, 4.69) is 112 Å². The topological polar surface area (TPSA) is 70.0 Å². The van der Waals surface area contributed by atoms with Crippen molar-refractivity contribution in [2.45, 2.75) is 38.9 Å². The molecule has 72 heavy (non-hydrogen) atoms. The van der Waals surface area contributed by atoms with Crippen LogP contribution in [0.15, 0.2) is 248 Å². The van der Waals surface area contributed by atoms with Crippen molar-refractivity contribution in [2.24, 2.45) is 0 Å². The number of rotatable bonds is 6. The third kappa shape index (κ3) is 17.2. The minimum atomic E-state index is -0.355. The fourth-order valence-electron chi connectivity index (χ4n) is 6.79. The minimum Gasteiger partial charge on any atom is -0.400 e. The summed E-state index contributed by atoms with van der Waals surface area (Å²) >= 11 is 3.31. The Labute approximate surface area is 461 Å². The number of halogens is 1. The maximum atomic E-state index is 6.08. The van der Waals surface area contributed by atoms with Crippen molar-refractivity contribution in [3.8, 4) is 56.2 Å². The predicted octanol–water partition coefficient (Wildman–Crippen LogP) is 14.6.